The first-order valence-corrected chi connectivity index (χ1v) is 8.36. The quantitative estimate of drug-likeness (QED) is 0.714. The standard InChI is InChI=1S/C22H19N3O/c1-16-20(12-13-21(24-16)19-6-4-3-5-7-19)22(26)25(2)15-18-10-8-17(14-23)9-11-18/h3-13H,15H2,1-2H3. The summed E-state index contributed by atoms with van der Waals surface area (Å²) in [5, 5.41) is 8.86. The van der Waals surface area contributed by atoms with Crippen LogP contribution in [0.4, 0.5) is 0 Å². The van der Waals surface area contributed by atoms with Gasteiger partial charge in [0.25, 0.3) is 5.91 Å². The van der Waals surface area contributed by atoms with Crippen molar-refractivity contribution in [3.63, 3.8) is 0 Å². The van der Waals surface area contributed by atoms with E-state index in [1.165, 1.54) is 0 Å². The van der Waals surface area contributed by atoms with Gasteiger partial charge in [-0.2, -0.15) is 5.26 Å². The predicted molar refractivity (Wildman–Crippen MR) is 101 cm³/mol. The minimum absolute atomic E-state index is 0.0704. The fourth-order valence-electron chi connectivity index (χ4n) is 2.79. The van der Waals surface area contributed by atoms with E-state index in [-0.39, 0.29) is 5.91 Å². The van der Waals surface area contributed by atoms with Gasteiger partial charge in [0.2, 0.25) is 0 Å². The van der Waals surface area contributed by atoms with Crippen molar-refractivity contribution in [2.45, 2.75) is 13.5 Å². The van der Waals surface area contributed by atoms with Crippen LogP contribution >= 0.6 is 0 Å². The first kappa shape index (κ1) is 17.4. The van der Waals surface area contributed by atoms with Crippen LogP contribution in [-0.2, 0) is 6.54 Å². The fraction of sp³-hybridized carbons (Fsp3) is 0.136. The molecule has 0 N–H and O–H groups in total. The summed E-state index contributed by atoms with van der Waals surface area (Å²) in [6, 6.07) is 23.0. The molecule has 0 aliphatic heterocycles. The maximum atomic E-state index is 12.8. The van der Waals surface area contributed by atoms with Crippen molar-refractivity contribution in [1.82, 2.24) is 9.88 Å². The van der Waals surface area contributed by atoms with Gasteiger partial charge in [0.05, 0.1) is 28.6 Å². The average Bonchev–Trinajstić information content (AvgIpc) is 2.68. The lowest BCUT2D eigenvalue weighted by Crippen LogP contribution is -2.27. The average molecular weight is 341 g/mol. The lowest BCUT2D eigenvalue weighted by atomic mass is 10.1. The molecule has 0 spiro atoms. The van der Waals surface area contributed by atoms with Crippen LogP contribution in [0.1, 0.15) is 27.2 Å². The molecule has 4 nitrogen and oxygen atoms in total. The Bertz CT molecular complexity index is 957. The Hall–Kier alpha value is -3.45. The number of carbonyl (C=O) groups is 1. The number of amides is 1. The van der Waals surface area contributed by atoms with Crippen LogP contribution in [0.5, 0.6) is 0 Å². The molecule has 4 heteroatoms. The van der Waals surface area contributed by atoms with Crippen LogP contribution in [0, 0.1) is 18.3 Å². The number of nitriles is 1. The topological polar surface area (TPSA) is 57.0 Å². The number of rotatable bonds is 4. The van der Waals surface area contributed by atoms with E-state index in [9.17, 15) is 4.79 Å². The molecule has 0 saturated carbocycles. The molecular formula is C22H19N3O. The van der Waals surface area contributed by atoms with Gasteiger partial charge in [0, 0.05) is 19.2 Å². The van der Waals surface area contributed by atoms with Gasteiger partial charge in [-0.15, -0.1) is 0 Å². The van der Waals surface area contributed by atoms with Crippen LogP contribution in [-0.4, -0.2) is 22.8 Å². The summed E-state index contributed by atoms with van der Waals surface area (Å²) < 4.78 is 0. The number of nitrogens with zero attached hydrogens (tertiary/aromatic N) is 3. The third-order valence-corrected chi connectivity index (χ3v) is 4.24. The maximum absolute atomic E-state index is 12.8. The zero-order valence-corrected chi connectivity index (χ0v) is 14.8. The molecule has 2 aromatic carbocycles. The molecule has 0 radical (unpaired) electrons. The van der Waals surface area contributed by atoms with Crippen LogP contribution in [0.2, 0.25) is 0 Å². The molecule has 0 saturated heterocycles. The molecule has 0 unspecified atom stereocenters. The Labute approximate surface area is 153 Å². The van der Waals surface area contributed by atoms with Crippen molar-refractivity contribution in [3.05, 3.63) is 89.1 Å². The number of pyridine rings is 1. The van der Waals surface area contributed by atoms with Crippen molar-refractivity contribution in [1.29, 1.82) is 5.26 Å². The highest BCUT2D eigenvalue weighted by molar-refractivity contribution is 5.95. The minimum Gasteiger partial charge on any atom is -0.337 e. The Kier molecular flexibility index (Phi) is 5.09. The minimum atomic E-state index is -0.0704. The number of carbonyl (C=O) groups excluding carboxylic acids is 1. The van der Waals surface area contributed by atoms with E-state index in [2.05, 4.69) is 11.1 Å². The number of hydrogen-bond donors (Lipinski definition) is 0. The monoisotopic (exact) mass is 341 g/mol. The summed E-state index contributed by atoms with van der Waals surface area (Å²) in [6.45, 7) is 2.33. The van der Waals surface area contributed by atoms with Gasteiger partial charge in [0.1, 0.15) is 0 Å². The van der Waals surface area contributed by atoms with Crippen molar-refractivity contribution < 1.29 is 4.79 Å². The number of aromatic nitrogens is 1. The molecule has 0 bridgehead atoms. The SMILES string of the molecule is Cc1nc(-c2ccccc2)ccc1C(=O)N(C)Cc1ccc(C#N)cc1. The first-order valence-electron chi connectivity index (χ1n) is 8.36. The van der Waals surface area contributed by atoms with E-state index < -0.39 is 0 Å². The van der Waals surface area contributed by atoms with E-state index in [0.29, 0.717) is 23.4 Å². The zero-order valence-electron chi connectivity index (χ0n) is 14.8. The Balaban J connectivity index is 1.77. The molecule has 1 aromatic heterocycles. The molecule has 128 valence electrons. The van der Waals surface area contributed by atoms with Crippen LogP contribution in [0.3, 0.4) is 0 Å². The second-order valence-electron chi connectivity index (χ2n) is 6.17. The molecule has 26 heavy (non-hydrogen) atoms. The molecule has 0 atom stereocenters. The Morgan fingerprint density at radius 2 is 1.73 bits per heavy atom. The van der Waals surface area contributed by atoms with Gasteiger partial charge in [-0.05, 0) is 36.8 Å². The van der Waals surface area contributed by atoms with E-state index in [4.69, 9.17) is 5.26 Å². The van der Waals surface area contributed by atoms with Crippen molar-refractivity contribution in [2.75, 3.05) is 7.05 Å². The normalized spacial score (nSPS) is 10.2. The van der Waals surface area contributed by atoms with Gasteiger partial charge in [-0.3, -0.25) is 9.78 Å². The van der Waals surface area contributed by atoms with Crippen molar-refractivity contribution >= 4 is 5.91 Å². The van der Waals surface area contributed by atoms with E-state index in [1.54, 1.807) is 24.1 Å². The van der Waals surface area contributed by atoms with E-state index >= 15 is 0 Å². The lowest BCUT2D eigenvalue weighted by Gasteiger charge is -2.18. The third-order valence-electron chi connectivity index (χ3n) is 4.24. The fourth-order valence-corrected chi connectivity index (χ4v) is 2.79. The second kappa shape index (κ2) is 7.62. The molecule has 0 aliphatic rings. The largest absolute Gasteiger partial charge is 0.337 e. The molecule has 1 heterocycles. The van der Waals surface area contributed by atoms with Gasteiger partial charge >= 0.3 is 0 Å². The van der Waals surface area contributed by atoms with Crippen LogP contribution in [0.25, 0.3) is 11.3 Å². The molecule has 3 aromatic rings. The van der Waals surface area contributed by atoms with Crippen LogP contribution in [0.15, 0.2) is 66.7 Å². The number of hydrogen-bond acceptors (Lipinski definition) is 3. The van der Waals surface area contributed by atoms with Gasteiger partial charge in [0.15, 0.2) is 0 Å². The third kappa shape index (κ3) is 3.79. The highest BCUT2D eigenvalue weighted by Crippen LogP contribution is 2.19. The van der Waals surface area contributed by atoms with E-state index in [0.717, 1.165) is 16.8 Å². The molecular weight excluding hydrogens is 322 g/mol. The zero-order chi connectivity index (χ0) is 18.5. The number of aryl methyl sites for hydroxylation is 1. The maximum Gasteiger partial charge on any atom is 0.255 e. The summed E-state index contributed by atoms with van der Waals surface area (Å²) >= 11 is 0. The molecule has 0 aliphatic carbocycles. The molecule has 3 rings (SSSR count). The van der Waals surface area contributed by atoms with Crippen LogP contribution < -0.4 is 0 Å². The van der Waals surface area contributed by atoms with Gasteiger partial charge < -0.3 is 4.90 Å². The van der Waals surface area contributed by atoms with Crippen molar-refractivity contribution in [3.8, 4) is 17.3 Å². The summed E-state index contributed by atoms with van der Waals surface area (Å²) in [7, 11) is 1.77. The summed E-state index contributed by atoms with van der Waals surface area (Å²) in [6.07, 6.45) is 0. The highest BCUT2D eigenvalue weighted by atomic mass is 16.2. The first-order chi connectivity index (χ1) is 12.6. The van der Waals surface area contributed by atoms with E-state index in [1.807, 2.05) is 61.5 Å². The smallest absolute Gasteiger partial charge is 0.255 e. The molecule has 0 fully saturated rings. The summed E-state index contributed by atoms with van der Waals surface area (Å²) in [5.41, 5.74) is 4.78. The van der Waals surface area contributed by atoms with Crippen molar-refractivity contribution in [2.24, 2.45) is 0 Å². The predicted octanol–water partition coefficient (Wildman–Crippen LogP) is 4.20. The van der Waals surface area contributed by atoms with Gasteiger partial charge in [-0.1, -0.05) is 42.5 Å². The Morgan fingerprint density at radius 1 is 1.04 bits per heavy atom. The Morgan fingerprint density at radius 3 is 2.35 bits per heavy atom. The second-order valence-corrected chi connectivity index (χ2v) is 6.17. The summed E-state index contributed by atoms with van der Waals surface area (Å²) in [4.78, 5) is 19.0. The molecule has 1 amide bonds. The lowest BCUT2D eigenvalue weighted by molar-refractivity contribution is 0.0784. The van der Waals surface area contributed by atoms with Gasteiger partial charge in [-0.25, -0.2) is 0 Å². The number of benzene rings is 2. The summed E-state index contributed by atoms with van der Waals surface area (Å²) in [5.74, 6) is -0.0704. The highest BCUT2D eigenvalue weighted by Gasteiger charge is 2.16.